The second-order valence-electron chi connectivity index (χ2n) is 3.76. The van der Waals surface area contributed by atoms with Gasteiger partial charge in [-0.3, -0.25) is 10.1 Å². The zero-order valence-electron chi connectivity index (χ0n) is 10.3. The smallest absolute Gasteiger partial charge is 0.321 e. The van der Waals surface area contributed by atoms with Crippen LogP contribution in [0.1, 0.15) is 12.5 Å². The van der Waals surface area contributed by atoms with Gasteiger partial charge in [0.05, 0.1) is 6.04 Å². The number of hydrogen-bond donors (Lipinski definition) is 3. The number of amides is 3. The molecule has 0 bridgehead atoms. The number of hydrogen-bond acceptors (Lipinski definition) is 3. The van der Waals surface area contributed by atoms with Crippen molar-refractivity contribution >= 4 is 23.5 Å². The molecular formula is C12H16ClN3O2. The van der Waals surface area contributed by atoms with Gasteiger partial charge in [-0.2, -0.15) is 0 Å². The summed E-state index contributed by atoms with van der Waals surface area (Å²) in [7, 11) is 1.45. The summed E-state index contributed by atoms with van der Waals surface area (Å²) in [6.45, 7) is 2.14. The molecule has 1 rings (SSSR count). The predicted octanol–water partition coefficient (Wildman–Crippen LogP) is 1.27. The molecule has 3 amide bonds. The molecule has 0 aliphatic heterocycles. The van der Waals surface area contributed by atoms with E-state index in [1.807, 2.05) is 18.2 Å². The highest BCUT2D eigenvalue weighted by Crippen LogP contribution is 2.14. The van der Waals surface area contributed by atoms with E-state index in [4.69, 9.17) is 11.6 Å². The first-order valence-electron chi connectivity index (χ1n) is 5.54. The Morgan fingerprint density at radius 1 is 1.33 bits per heavy atom. The molecule has 1 aromatic carbocycles. The minimum atomic E-state index is -0.522. The molecule has 5 nitrogen and oxygen atoms in total. The Morgan fingerprint density at radius 3 is 2.61 bits per heavy atom. The van der Waals surface area contributed by atoms with Crippen LogP contribution in [0.15, 0.2) is 24.3 Å². The van der Waals surface area contributed by atoms with Crippen LogP contribution in [0.2, 0.25) is 5.02 Å². The molecule has 0 aromatic heterocycles. The topological polar surface area (TPSA) is 70.2 Å². The van der Waals surface area contributed by atoms with Crippen molar-refractivity contribution in [2.75, 3.05) is 7.05 Å². The van der Waals surface area contributed by atoms with E-state index in [0.717, 1.165) is 5.56 Å². The van der Waals surface area contributed by atoms with E-state index < -0.39 is 12.1 Å². The summed E-state index contributed by atoms with van der Waals surface area (Å²) in [5.41, 5.74) is 0.902. The standard InChI is InChI=1S/C12H16ClN3O2/c1-8(11(17)16-12(18)14-2)15-7-9-5-3-4-6-10(9)13/h3-6,8,15H,7H2,1-2H3,(H2,14,16,17,18). The lowest BCUT2D eigenvalue weighted by atomic mass is 10.2. The molecule has 0 fully saturated rings. The third-order valence-electron chi connectivity index (χ3n) is 2.41. The van der Waals surface area contributed by atoms with Gasteiger partial charge in [-0.05, 0) is 18.6 Å². The maximum absolute atomic E-state index is 11.6. The Bertz CT molecular complexity index is 437. The molecule has 1 unspecified atom stereocenters. The van der Waals surface area contributed by atoms with E-state index >= 15 is 0 Å². The minimum Gasteiger partial charge on any atom is -0.341 e. The minimum absolute atomic E-state index is 0.388. The van der Waals surface area contributed by atoms with Crippen LogP contribution in [0.3, 0.4) is 0 Å². The van der Waals surface area contributed by atoms with Crippen LogP contribution < -0.4 is 16.0 Å². The van der Waals surface area contributed by atoms with E-state index in [2.05, 4.69) is 16.0 Å². The van der Waals surface area contributed by atoms with Crippen molar-refractivity contribution < 1.29 is 9.59 Å². The van der Waals surface area contributed by atoms with Gasteiger partial charge in [0.25, 0.3) is 0 Å². The molecule has 18 heavy (non-hydrogen) atoms. The third kappa shape index (κ3) is 4.35. The van der Waals surface area contributed by atoms with E-state index in [9.17, 15) is 9.59 Å². The molecule has 0 aliphatic carbocycles. The van der Waals surface area contributed by atoms with Crippen LogP contribution in [0.25, 0.3) is 0 Å². The Balaban J connectivity index is 2.46. The van der Waals surface area contributed by atoms with E-state index in [1.54, 1.807) is 13.0 Å². The monoisotopic (exact) mass is 269 g/mol. The van der Waals surface area contributed by atoms with Crippen LogP contribution in [0.5, 0.6) is 0 Å². The van der Waals surface area contributed by atoms with Crippen molar-refractivity contribution in [3.8, 4) is 0 Å². The lowest BCUT2D eigenvalue weighted by Crippen LogP contribution is -2.47. The summed E-state index contributed by atoms with van der Waals surface area (Å²) in [6.07, 6.45) is 0. The van der Waals surface area contributed by atoms with Crippen LogP contribution in [-0.2, 0) is 11.3 Å². The van der Waals surface area contributed by atoms with Crippen LogP contribution in [0, 0.1) is 0 Å². The number of rotatable bonds is 4. The Kier molecular flexibility index (Phi) is 5.61. The van der Waals surface area contributed by atoms with Gasteiger partial charge in [0, 0.05) is 18.6 Å². The van der Waals surface area contributed by atoms with E-state index in [-0.39, 0.29) is 5.91 Å². The quantitative estimate of drug-likeness (QED) is 0.771. The second-order valence-corrected chi connectivity index (χ2v) is 4.17. The highest BCUT2D eigenvalue weighted by molar-refractivity contribution is 6.31. The fourth-order valence-corrected chi connectivity index (χ4v) is 1.48. The first-order valence-corrected chi connectivity index (χ1v) is 5.91. The summed E-state index contributed by atoms with van der Waals surface area (Å²) in [6, 6.07) is 6.36. The molecule has 0 spiro atoms. The predicted molar refractivity (Wildman–Crippen MR) is 70.4 cm³/mol. The zero-order chi connectivity index (χ0) is 13.5. The van der Waals surface area contributed by atoms with Gasteiger partial charge >= 0.3 is 6.03 Å². The fourth-order valence-electron chi connectivity index (χ4n) is 1.28. The van der Waals surface area contributed by atoms with Crippen LogP contribution >= 0.6 is 11.6 Å². The van der Waals surface area contributed by atoms with Crippen molar-refractivity contribution in [1.82, 2.24) is 16.0 Å². The zero-order valence-corrected chi connectivity index (χ0v) is 11.0. The Morgan fingerprint density at radius 2 is 2.00 bits per heavy atom. The van der Waals surface area contributed by atoms with E-state index in [1.165, 1.54) is 7.05 Å². The van der Waals surface area contributed by atoms with Crippen LogP contribution in [-0.4, -0.2) is 25.0 Å². The summed E-state index contributed by atoms with van der Waals surface area (Å²) >= 11 is 5.99. The fraction of sp³-hybridized carbons (Fsp3) is 0.333. The summed E-state index contributed by atoms with van der Waals surface area (Å²) in [4.78, 5) is 22.5. The van der Waals surface area contributed by atoms with Crippen molar-refractivity contribution in [1.29, 1.82) is 0 Å². The second kappa shape index (κ2) is 6.98. The van der Waals surface area contributed by atoms with Crippen molar-refractivity contribution in [2.24, 2.45) is 0 Å². The first-order chi connectivity index (χ1) is 8.54. The number of nitrogens with one attached hydrogen (secondary N) is 3. The van der Waals surface area contributed by atoms with Gasteiger partial charge < -0.3 is 10.6 Å². The average molecular weight is 270 g/mol. The number of benzene rings is 1. The number of carbonyl (C=O) groups excluding carboxylic acids is 2. The molecule has 0 saturated heterocycles. The third-order valence-corrected chi connectivity index (χ3v) is 2.78. The van der Waals surface area contributed by atoms with Gasteiger partial charge in [0.15, 0.2) is 0 Å². The largest absolute Gasteiger partial charge is 0.341 e. The molecule has 0 heterocycles. The lowest BCUT2D eigenvalue weighted by Gasteiger charge is -2.13. The Labute approximate surface area is 111 Å². The maximum Gasteiger partial charge on any atom is 0.321 e. The summed E-state index contributed by atoms with van der Waals surface area (Å²) in [5, 5.41) is 8.14. The van der Waals surface area contributed by atoms with Gasteiger partial charge in [-0.1, -0.05) is 29.8 Å². The lowest BCUT2D eigenvalue weighted by molar-refractivity contribution is -0.121. The van der Waals surface area contributed by atoms with E-state index in [0.29, 0.717) is 11.6 Å². The number of imide groups is 1. The van der Waals surface area contributed by atoms with Gasteiger partial charge in [-0.25, -0.2) is 4.79 Å². The first kappa shape index (κ1) is 14.5. The molecular weight excluding hydrogens is 254 g/mol. The SMILES string of the molecule is CNC(=O)NC(=O)C(C)NCc1ccccc1Cl. The van der Waals surface area contributed by atoms with Crippen LogP contribution in [0.4, 0.5) is 4.79 Å². The molecule has 6 heteroatoms. The molecule has 3 N–H and O–H groups in total. The van der Waals surface area contributed by atoms with Crippen molar-refractivity contribution in [3.05, 3.63) is 34.9 Å². The highest BCUT2D eigenvalue weighted by atomic mass is 35.5. The van der Waals surface area contributed by atoms with Gasteiger partial charge in [-0.15, -0.1) is 0 Å². The van der Waals surface area contributed by atoms with Gasteiger partial charge in [0.2, 0.25) is 5.91 Å². The maximum atomic E-state index is 11.6. The normalized spacial score (nSPS) is 11.7. The number of urea groups is 1. The molecule has 0 aliphatic rings. The van der Waals surface area contributed by atoms with Gasteiger partial charge in [0.1, 0.15) is 0 Å². The average Bonchev–Trinajstić information content (AvgIpc) is 2.37. The summed E-state index contributed by atoms with van der Waals surface area (Å²) in [5.74, 6) is -0.388. The highest BCUT2D eigenvalue weighted by Gasteiger charge is 2.14. The molecule has 0 saturated carbocycles. The van der Waals surface area contributed by atoms with Crippen molar-refractivity contribution in [2.45, 2.75) is 19.5 Å². The number of carbonyl (C=O) groups is 2. The van der Waals surface area contributed by atoms with Crippen molar-refractivity contribution in [3.63, 3.8) is 0 Å². The molecule has 1 aromatic rings. The molecule has 0 radical (unpaired) electrons. The molecule has 98 valence electrons. The molecule has 1 atom stereocenters. The Hall–Kier alpha value is -1.59. The number of halogens is 1. The summed E-state index contributed by atoms with van der Waals surface area (Å²) < 4.78 is 0.